The number of rotatable bonds is 11. The van der Waals surface area contributed by atoms with Crippen molar-refractivity contribution in [1.82, 2.24) is 20.9 Å². The fourth-order valence-electron chi connectivity index (χ4n) is 6.33. The van der Waals surface area contributed by atoms with E-state index in [0.29, 0.717) is 19.3 Å². The normalized spacial score (nSPS) is 29.4. The van der Waals surface area contributed by atoms with Crippen molar-refractivity contribution in [2.75, 3.05) is 6.54 Å². The van der Waals surface area contributed by atoms with Crippen LogP contribution in [-0.4, -0.2) is 76.2 Å². The minimum Gasteiger partial charge on any atom is -0.465 e. The summed E-state index contributed by atoms with van der Waals surface area (Å²) in [6.45, 7) is 6.12. The summed E-state index contributed by atoms with van der Waals surface area (Å²) in [6, 6.07) is -3.74. The predicted molar refractivity (Wildman–Crippen MR) is 136 cm³/mol. The number of hydrogen-bond donors (Lipinski definition) is 4. The molecule has 12 heteroatoms. The first-order valence-electron chi connectivity index (χ1n) is 13.8. The number of amides is 4. The second-order valence-electron chi connectivity index (χ2n) is 13.3. The molecular formula is C27H40F2N4O6. The second-order valence-corrected chi connectivity index (χ2v) is 13.3. The summed E-state index contributed by atoms with van der Waals surface area (Å²) in [5, 5.41) is 16.7. The van der Waals surface area contributed by atoms with E-state index in [1.165, 1.54) is 4.90 Å². The van der Waals surface area contributed by atoms with E-state index in [2.05, 4.69) is 16.0 Å². The van der Waals surface area contributed by atoms with Crippen LogP contribution in [0.1, 0.15) is 79.1 Å². The standard InChI is InChI=1S/C27H40F2N4O6/c1-25(2,3)20(32-24(38)39)23(37)33-13-15(27-10-14(11-27)12-27)9-18(33)21(35)31-17(7-8-26(4,28)29)19(34)22(36)30-16-5-6-16/h14-18,20,32H,5-13H2,1-4H3,(H,30,36)(H,31,35)(H,38,39)/t14?,15?,17-,18?,20+,27?/m0/s1. The van der Waals surface area contributed by atoms with Gasteiger partial charge >= 0.3 is 6.09 Å². The van der Waals surface area contributed by atoms with Gasteiger partial charge in [0, 0.05) is 19.0 Å². The van der Waals surface area contributed by atoms with Gasteiger partial charge in [0.2, 0.25) is 23.5 Å². The van der Waals surface area contributed by atoms with Gasteiger partial charge in [-0.3, -0.25) is 19.2 Å². The fourth-order valence-corrected chi connectivity index (χ4v) is 6.33. The molecule has 0 radical (unpaired) electrons. The number of hydrogen-bond acceptors (Lipinski definition) is 5. The highest BCUT2D eigenvalue weighted by atomic mass is 19.3. The SMILES string of the molecule is CC(F)(F)CC[C@H](NC(=O)C1CC(C23CC(C2)C3)CN1C(=O)[C@@H](NC(=O)O)C(C)(C)C)C(=O)C(=O)NC1CC1. The van der Waals surface area contributed by atoms with E-state index in [-0.39, 0.29) is 23.9 Å². The smallest absolute Gasteiger partial charge is 0.405 e. The van der Waals surface area contributed by atoms with Gasteiger partial charge in [-0.25, -0.2) is 13.6 Å². The summed E-state index contributed by atoms with van der Waals surface area (Å²) >= 11 is 0. The number of ketones is 1. The number of halogens is 2. The van der Waals surface area contributed by atoms with Gasteiger partial charge < -0.3 is 26.0 Å². The van der Waals surface area contributed by atoms with Crippen LogP contribution in [0.2, 0.25) is 0 Å². The van der Waals surface area contributed by atoms with Crippen molar-refractivity contribution < 1.29 is 37.9 Å². The van der Waals surface area contributed by atoms with Crippen molar-refractivity contribution in [3.05, 3.63) is 0 Å². The lowest BCUT2D eigenvalue weighted by Gasteiger charge is -2.65. The molecule has 2 bridgehead atoms. The Labute approximate surface area is 227 Å². The van der Waals surface area contributed by atoms with Gasteiger partial charge in [-0.15, -0.1) is 0 Å². The van der Waals surface area contributed by atoms with Gasteiger partial charge in [-0.2, -0.15) is 0 Å². The van der Waals surface area contributed by atoms with E-state index in [0.717, 1.165) is 32.1 Å². The van der Waals surface area contributed by atoms with E-state index in [1.807, 2.05) is 0 Å². The van der Waals surface area contributed by atoms with E-state index in [4.69, 9.17) is 0 Å². The first-order chi connectivity index (χ1) is 18.0. The summed E-state index contributed by atoms with van der Waals surface area (Å²) in [5.74, 6) is -5.58. The zero-order valence-corrected chi connectivity index (χ0v) is 23.0. The number of carboxylic acid groups (broad SMARTS) is 1. The van der Waals surface area contributed by atoms with Gasteiger partial charge in [0.15, 0.2) is 0 Å². The molecule has 2 unspecified atom stereocenters. The molecule has 218 valence electrons. The molecular weight excluding hydrogens is 514 g/mol. The Hall–Kier alpha value is -2.79. The Balaban J connectivity index is 1.55. The quantitative estimate of drug-likeness (QED) is 0.289. The average Bonchev–Trinajstić information content (AvgIpc) is 3.45. The molecule has 4 saturated carbocycles. The minimum absolute atomic E-state index is 0.0277. The number of alkyl halides is 2. The summed E-state index contributed by atoms with van der Waals surface area (Å²) in [6.07, 6.45) is 2.34. The molecule has 10 nitrogen and oxygen atoms in total. The highest BCUT2D eigenvalue weighted by molar-refractivity contribution is 6.38. The molecule has 1 aliphatic heterocycles. The van der Waals surface area contributed by atoms with Crippen molar-refractivity contribution in [1.29, 1.82) is 0 Å². The molecule has 0 spiro atoms. The van der Waals surface area contributed by atoms with E-state index >= 15 is 0 Å². The molecule has 0 aromatic rings. The average molecular weight is 555 g/mol. The van der Waals surface area contributed by atoms with Crippen molar-refractivity contribution >= 4 is 29.6 Å². The molecule has 1 heterocycles. The van der Waals surface area contributed by atoms with Gasteiger partial charge in [-0.1, -0.05) is 20.8 Å². The number of carbonyl (C=O) groups excluding carboxylic acids is 4. The Morgan fingerprint density at radius 1 is 1.03 bits per heavy atom. The largest absolute Gasteiger partial charge is 0.465 e. The topological polar surface area (TPSA) is 145 Å². The summed E-state index contributed by atoms with van der Waals surface area (Å²) in [4.78, 5) is 65.6. The van der Waals surface area contributed by atoms with Crippen LogP contribution < -0.4 is 16.0 Å². The Kier molecular flexibility index (Phi) is 7.72. The van der Waals surface area contributed by atoms with Crippen LogP contribution >= 0.6 is 0 Å². The summed E-state index contributed by atoms with van der Waals surface area (Å²) in [5.41, 5.74) is -0.740. The van der Waals surface area contributed by atoms with Crippen LogP contribution in [0, 0.1) is 22.7 Å². The second kappa shape index (κ2) is 10.3. The third kappa shape index (κ3) is 6.51. The number of likely N-dealkylation sites (tertiary alicyclic amines) is 1. The number of carbonyl (C=O) groups is 5. The molecule has 4 amide bonds. The van der Waals surface area contributed by atoms with Gasteiger partial charge in [-0.05, 0) is 74.5 Å². The van der Waals surface area contributed by atoms with Crippen molar-refractivity contribution in [2.24, 2.45) is 22.7 Å². The highest BCUT2D eigenvalue weighted by Gasteiger charge is 2.63. The maximum Gasteiger partial charge on any atom is 0.405 e. The van der Waals surface area contributed by atoms with Gasteiger partial charge in [0.25, 0.3) is 5.91 Å². The number of Topliss-reactive ketones (excluding diaryl/α,β-unsaturated/α-hetero) is 1. The number of nitrogens with zero attached hydrogens (tertiary/aromatic N) is 1. The molecule has 39 heavy (non-hydrogen) atoms. The van der Waals surface area contributed by atoms with E-state index < -0.39 is 71.9 Å². The first-order valence-corrected chi connectivity index (χ1v) is 13.8. The van der Waals surface area contributed by atoms with Crippen LogP contribution in [0.5, 0.6) is 0 Å². The Morgan fingerprint density at radius 2 is 1.64 bits per heavy atom. The summed E-state index contributed by atoms with van der Waals surface area (Å²) < 4.78 is 27.4. The Bertz CT molecular complexity index is 1020. The van der Waals surface area contributed by atoms with E-state index in [1.54, 1.807) is 20.8 Å². The molecule has 4 aliphatic carbocycles. The molecule has 5 rings (SSSR count). The van der Waals surface area contributed by atoms with Crippen LogP contribution in [0.25, 0.3) is 0 Å². The molecule has 0 aromatic heterocycles. The van der Waals surface area contributed by atoms with Crippen LogP contribution in [0.3, 0.4) is 0 Å². The maximum absolute atomic E-state index is 13.7. The third-order valence-electron chi connectivity index (χ3n) is 8.86. The minimum atomic E-state index is -3.11. The monoisotopic (exact) mass is 554 g/mol. The van der Waals surface area contributed by atoms with Crippen molar-refractivity contribution in [3.8, 4) is 0 Å². The lowest BCUT2D eigenvalue weighted by atomic mass is 9.40. The lowest BCUT2D eigenvalue weighted by Crippen LogP contribution is -2.59. The highest BCUT2D eigenvalue weighted by Crippen LogP contribution is 2.69. The zero-order chi connectivity index (χ0) is 28.9. The Morgan fingerprint density at radius 3 is 2.10 bits per heavy atom. The molecule has 5 aliphatic rings. The molecule has 4 N–H and O–H groups in total. The molecule has 0 aromatic carbocycles. The first kappa shape index (κ1) is 29.2. The lowest BCUT2D eigenvalue weighted by molar-refractivity contribution is -0.151. The van der Waals surface area contributed by atoms with E-state index in [9.17, 15) is 37.9 Å². The third-order valence-corrected chi connectivity index (χ3v) is 8.86. The number of nitrogens with one attached hydrogen (secondary N) is 3. The predicted octanol–water partition coefficient (Wildman–Crippen LogP) is 2.45. The fraction of sp³-hybridized carbons (Fsp3) is 0.815. The molecule has 5 fully saturated rings. The maximum atomic E-state index is 13.7. The molecule has 4 atom stereocenters. The van der Waals surface area contributed by atoms with Crippen LogP contribution in [0.4, 0.5) is 13.6 Å². The van der Waals surface area contributed by atoms with Gasteiger partial charge in [0.05, 0.1) is 6.04 Å². The van der Waals surface area contributed by atoms with Crippen molar-refractivity contribution in [3.63, 3.8) is 0 Å². The summed E-state index contributed by atoms with van der Waals surface area (Å²) in [7, 11) is 0. The van der Waals surface area contributed by atoms with Gasteiger partial charge in [0.1, 0.15) is 12.1 Å². The van der Waals surface area contributed by atoms with Crippen LogP contribution in [0.15, 0.2) is 0 Å². The van der Waals surface area contributed by atoms with Crippen molar-refractivity contribution in [2.45, 2.75) is 109 Å². The molecule has 1 saturated heterocycles. The zero-order valence-electron chi connectivity index (χ0n) is 23.0. The van der Waals surface area contributed by atoms with Crippen LogP contribution in [-0.2, 0) is 19.2 Å².